The van der Waals surface area contributed by atoms with Crippen LogP contribution in [0.25, 0.3) is 22.4 Å². The number of nitrogens with zero attached hydrogens (tertiary/aromatic N) is 4. The number of aryl methyl sites for hydroxylation is 2. The predicted molar refractivity (Wildman–Crippen MR) is 107 cm³/mol. The minimum Gasteiger partial charge on any atom is -0.476 e. The zero-order chi connectivity index (χ0) is 21.2. The average molecular weight is 420 g/mol. The Morgan fingerprint density at radius 1 is 1.28 bits per heavy atom. The normalized spacial score (nSPS) is 13.1. The Balaban J connectivity index is 1.74. The zero-order valence-corrected chi connectivity index (χ0v) is 17.2. The van der Waals surface area contributed by atoms with E-state index >= 15 is 0 Å². The lowest BCUT2D eigenvalue weighted by molar-refractivity contribution is -0.169. The van der Waals surface area contributed by atoms with Gasteiger partial charge in [-0.3, -0.25) is 4.98 Å². The van der Waals surface area contributed by atoms with E-state index in [0.29, 0.717) is 34.5 Å². The molecule has 0 amide bonds. The molecule has 3 aromatic heterocycles. The van der Waals surface area contributed by atoms with Crippen LogP contribution in [-0.2, 0) is 7.05 Å². The van der Waals surface area contributed by atoms with Crippen molar-refractivity contribution in [1.82, 2.24) is 14.5 Å². The average Bonchev–Trinajstić information content (AvgIpc) is 2.95. The maximum Gasteiger partial charge on any atom is 0.391 e. The highest BCUT2D eigenvalue weighted by molar-refractivity contribution is 7.32. The van der Waals surface area contributed by atoms with E-state index in [4.69, 9.17) is 4.52 Å². The Kier molecular flexibility index (Phi) is 6.09. The van der Waals surface area contributed by atoms with E-state index in [1.807, 2.05) is 24.6 Å². The van der Waals surface area contributed by atoms with Gasteiger partial charge in [0.05, 0.1) is 37.9 Å². The topological polar surface area (TPSA) is 63.7 Å². The third kappa shape index (κ3) is 4.51. The molecule has 0 aromatic carbocycles. The van der Waals surface area contributed by atoms with Crippen LogP contribution in [0.15, 0.2) is 30.6 Å². The van der Waals surface area contributed by atoms with Gasteiger partial charge in [-0.1, -0.05) is 6.92 Å². The molecule has 0 N–H and O–H groups in total. The summed E-state index contributed by atoms with van der Waals surface area (Å²) in [6.07, 6.45) is -0.542. The Morgan fingerprint density at radius 2 is 2.03 bits per heavy atom. The van der Waals surface area contributed by atoms with Crippen molar-refractivity contribution in [3.63, 3.8) is 0 Å². The van der Waals surface area contributed by atoms with Gasteiger partial charge in [0, 0.05) is 24.8 Å². The number of alkyl halides is 3. The summed E-state index contributed by atoms with van der Waals surface area (Å²) in [5.74, 6) is -0.856. The summed E-state index contributed by atoms with van der Waals surface area (Å²) >= 11 is 0. The van der Waals surface area contributed by atoms with Crippen molar-refractivity contribution >= 4 is 19.8 Å². The first-order chi connectivity index (χ1) is 13.7. The van der Waals surface area contributed by atoms with Gasteiger partial charge in [0.1, 0.15) is 17.5 Å². The number of aromatic nitrogens is 3. The zero-order valence-electron chi connectivity index (χ0n) is 16.2. The van der Waals surface area contributed by atoms with Crippen LogP contribution in [-0.4, -0.2) is 26.9 Å². The van der Waals surface area contributed by atoms with Gasteiger partial charge in [0.15, 0.2) is 0 Å². The quantitative estimate of drug-likeness (QED) is 0.397. The predicted octanol–water partition coefficient (Wildman–Crippen LogP) is 5.38. The maximum atomic E-state index is 12.5. The number of hydrogen-bond acceptors (Lipinski definition) is 4. The number of rotatable bonds is 6. The van der Waals surface area contributed by atoms with Crippen molar-refractivity contribution in [2.75, 3.05) is 6.16 Å². The fourth-order valence-corrected chi connectivity index (χ4v) is 3.92. The fraction of sp³-hybridized carbons (Fsp3) is 0.350. The van der Waals surface area contributed by atoms with Gasteiger partial charge in [0.25, 0.3) is 0 Å². The number of pyridine rings is 2. The van der Waals surface area contributed by atoms with Crippen molar-refractivity contribution < 1.29 is 17.7 Å². The van der Waals surface area contributed by atoms with E-state index in [9.17, 15) is 18.4 Å². The molecular weight excluding hydrogens is 400 g/mol. The van der Waals surface area contributed by atoms with Crippen LogP contribution < -0.4 is 4.52 Å². The van der Waals surface area contributed by atoms with Crippen LogP contribution in [0.1, 0.15) is 24.5 Å². The van der Waals surface area contributed by atoms with Crippen LogP contribution in [0.3, 0.4) is 0 Å². The molecule has 152 valence electrons. The summed E-state index contributed by atoms with van der Waals surface area (Å²) in [5.41, 5.74) is 3.42. The van der Waals surface area contributed by atoms with E-state index in [1.165, 1.54) is 13.1 Å². The minimum atomic E-state index is -4.17. The summed E-state index contributed by atoms with van der Waals surface area (Å²) in [6, 6.07) is 7.61. The lowest BCUT2D eigenvalue weighted by atomic mass is 10.1. The van der Waals surface area contributed by atoms with Gasteiger partial charge in [0.2, 0.25) is 0 Å². The number of nitriles is 1. The van der Waals surface area contributed by atoms with Crippen molar-refractivity contribution in [3.8, 4) is 23.2 Å². The van der Waals surface area contributed by atoms with Gasteiger partial charge >= 0.3 is 6.18 Å². The molecule has 5 nitrogen and oxygen atoms in total. The third-order valence-corrected chi connectivity index (χ3v) is 5.55. The second-order valence-corrected chi connectivity index (χ2v) is 7.88. The molecule has 0 aliphatic carbocycles. The maximum absolute atomic E-state index is 12.5. The van der Waals surface area contributed by atoms with E-state index in [0.717, 1.165) is 10.9 Å². The number of fused-ring (bicyclic) bond motifs is 1. The Hall–Kier alpha value is -2.65. The molecule has 0 aliphatic heterocycles. The van der Waals surface area contributed by atoms with E-state index < -0.39 is 12.1 Å². The molecule has 29 heavy (non-hydrogen) atoms. The van der Waals surface area contributed by atoms with Gasteiger partial charge in [-0.2, -0.15) is 18.4 Å². The molecule has 2 atom stereocenters. The third-order valence-electron chi connectivity index (χ3n) is 4.68. The SMILES string of the molecule is Cc1cnc2c(c1)c(C#N)c(-c1ccc(OPCCC(C)C(F)(F)F)cn1)n2C. The Labute approximate surface area is 168 Å². The van der Waals surface area contributed by atoms with Crippen molar-refractivity contribution in [1.29, 1.82) is 5.26 Å². The second kappa shape index (κ2) is 8.38. The molecule has 3 rings (SSSR count). The van der Waals surface area contributed by atoms with E-state index in [-0.39, 0.29) is 15.2 Å². The van der Waals surface area contributed by atoms with Crippen molar-refractivity contribution in [2.45, 2.75) is 26.4 Å². The molecule has 0 spiro atoms. The fourth-order valence-electron chi connectivity index (χ4n) is 2.98. The largest absolute Gasteiger partial charge is 0.476 e. The standard InChI is InChI=1S/C20H20F3N4OP/c1-12-8-15-16(9-24)18(27(3)19(15)26-10-12)17-5-4-14(11-25-17)28-29-7-6-13(2)20(21,22)23/h4-5,8,10-11,13,29H,6-7H2,1-3H3. The summed E-state index contributed by atoms with van der Waals surface area (Å²) in [6.45, 7) is 3.09. The molecule has 0 aliphatic rings. The van der Waals surface area contributed by atoms with Crippen LogP contribution in [0, 0.1) is 24.2 Å². The van der Waals surface area contributed by atoms with Gasteiger partial charge in [-0.15, -0.1) is 0 Å². The molecule has 0 bridgehead atoms. The Bertz CT molecular complexity index is 1050. The summed E-state index contributed by atoms with van der Waals surface area (Å²) in [7, 11) is 1.75. The van der Waals surface area contributed by atoms with Crippen molar-refractivity contribution in [2.24, 2.45) is 13.0 Å². The summed E-state index contributed by atoms with van der Waals surface area (Å²) < 4.78 is 44.9. The van der Waals surface area contributed by atoms with Crippen LogP contribution >= 0.6 is 8.81 Å². The molecule has 3 aromatic rings. The van der Waals surface area contributed by atoms with Gasteiger partial charge in [-0.25, -0.2) is 4.98 Å². The van der Waals surface area contributed by atoms with Crippen LogP contribution in [0.2, 0.25) is 0 Å². The van der Waals surface area contributed by atoms with E-state index in [2.05, 4.69) is 16.0 Å². The lowest BCUT2D eigenvalue weighted by Gasteiger charge is -2.15. The summed E-state index contributed by atoms with van der Waals surface area (Å²) in [5, 5.41) is 10.4. The van der Waals surface area contributed by atoms with Crippen molar-refractivity contribution in [3.05, 3.63) is 41.7 Å². The number of halogens is 3. The molecule has 9 heteroatoms. The minimum absolute atomic E-state index is 0.0291. The molecule has 2 unspecified atom stereocenters. The molecule has 0 saturated carbocycles. The summed E-state index contributed by atoms with van der Waals surface area (Å²) in [4.78, 5) is 8.80. The van der Waals surface area contributed by atoms with E-state index in [1.54, 1.807) is 18.3 Å². The molecule has 0 saturated heterocycles. The van der Waals surface area contributed by atoms with Gasteiger partial charge in [-0.05, 0) is 37.1 Å². The Morgan fingerprint density at radius 3 is 2.66 bits per heavy atom. The second-order valence-electron chi connectivity index (χ2n) is 6.89. The first-order valence-electron chi connectivity index (χ1n) is 9.00. The molecule has 0 radical (unpaired) electrons. The van der Waals surface area contributed by atoms with Gasteiger partial charge < -0.3 is 9.09 Å². The highest BCUT2D eigenvalue weighted by Gasteiger charge is 2.35. The highest BCUT2D eigenvalue weighted by atomic mass is 31.1. The first kappa shape index (κ1) is 21.1. The molecule has 0 fully saturated rings. The smallest absolute Gasteiger partial charge is 0.391 e. The first-order valence-corrected chi connectivity index (χ1v) is 10.1. The molecule has 3 heterocycles. The van der Waals surface area contributed by atoms with Crippen LogP contribution in [0.5, 0.6) is 5.75 Å². The monoisotopic (exact) mass is 420 g/mol. The number of hydrogen-bond donors (Lipinski definition) is 0. The highest BCUT2D eigenvalue weighted by Crippen LogP contribution is 2.33. The lowest BCUT2D eigenvalue weighted by Crippen LogP contribution is -2.20. The van der Waals surface area contributed by atoms with Crippen LogP contribution in [0.4, 0.5) is 13.2 Å². The molecular formula is C20H20F3N4OP.